The summed E-state index contributed by atoms with van der Waals surface area (Å²) in [4.78, 5) is 14.1. The molecule has 7 nitrogen and oxygen atoms in total. The van der Waals surface area contributed by atoms with E-state index < -0.39 is 28.5 Å². The van der Waals surface area contributed by atoms with Crippen LogP contribution in [0.2, 0.25) is 0 Å². The highest BCUT2D eigenvalue weighted by atomic mass is 32.2. The van der Waals surface area contributed by atoms with Gasteiger partial charge in [-0.05, 0) is 48.9 Å². The molecule has 1 amide bonds. The number of ether oxygens (including phenoxy) is 1. The van der Waals surface area contributed by atoms with E-state index in [9.17, 15) is 13.2 Å². The number of carbonyl (C=O) groups is 1. The molecule has 0 bridgehead atoms. The Hall–Kier alpha value is -2.65. The molecule has 2 fully saturated rings. The molecule has 2 aromatic rings. The van der Waals surface area contributed by atoms with Crippen molar-refractivity contribution in [2.75, 3.05) is 23.9 Å². The van der Waals surface area contributed by atoms with E-state index in [0.29, 0.717) is 18.5 Å². The first kappa shape index (κ1) is 22.2. The Labute approximate surface area is 193 Å². The van der Waals surface area contributed by atoms with E-state index in [2.05, 4.69) is 4.90 Å². The SMILES string of the molecule is O=C1CN(c2c(OCc3ccccc3)cc3c(c2F)CN(CCCC2CC2)CC3)S(=O)(=O)N1. The van der Waals surface area contributed by atoms with E-state index in [1.807, 2.05) is 35.1 Å². The Morgan fingerprint density at radius 3 is 2.64 bits per heavy atom. The lowest BCUT2D eigenvalue weighted by Gasteiger charge is -2.31. The molecule has 2 heterocycles. The van der Waals surface area contributed by atoms with Crippen LogP contribution in [0.5, 0.6) is 5.75 Å². The van der Waals surface area contributed by atoms with Crippen LogP contribution in [-0.4, -0.2) is 38.9 Å². The van der Waals surface area contributed by atoms with E-state index in [1.165, 1.54) is 19.3 Å². The highest BCUT2D eigenvalue weighted by Gasteiger charge is 2.39. The molecular weight excluding hydrogens is 445 g/mol. The van der Waals surface area contributed by atoms with Crippen LogP contribution in [0.4, 0.5) is 10.1 Å². The zero-order chi connectivity index (χ0) is 23.0. The standard InChI is InChI=1S/C24H28FN3O4S/c25-23-20-14-27(11-4-7-17-8-9-17)12-10-19(20)13-21(32-16-18-5-2-1-3-6-18)24(23)28-15-22(29)26-33(28,30)31/h1-3,5-6,13,17H,4,7-12,14-16H2,(H,26,29). The number of amides is 1. The average Bonchev–Trinajstić information content (AvgIpc) is 3.57. The summed E-state index contributed by atoms with van der Waals surface area (Å²) in [6.07, 6.45) is 5.61. The third-order valence-electron chi connectivity index (χ3n) is 6.57. The van der Waals surface area contributed by atoms with E-state index in [0.717, 1.165) is 40.9 Å². The normalized spacial score (nSPS) is 19.9. The van der Waals surface area contributed by atoms with Crippen LogP contribution >= 0.6 is 0 Å². The number of halogens is 1. The van der Waals surface area contributed by atoms with E-state index in [4.69, 9.17) is 4.74 Å². The zero-order valence-electron chi connectivity index (χ0n) is 18.4. The van der Waals surface area contributed by atoms with E-state index in [1.54, 1.807) is 6.07 Å². The van der Waals surface area contributed by atoms with Crippen LogP contribution in [0.25, 0.3) is 0 Å². The number of hydrogen-bond acceptors (Lipinski definition) is 5. The van der Waals surface area contributed by atoms with Crippen LogP contribution in [0, 0.1) is 11.7 Å². The van der Waals surface area contributed by atoms with Gasteiger partial charge in [0, 0.05) is 18.7 Å². The van der Waals surface area contributed by atoms with Gasteiger partial charge in [-0.25, -0.2) is 13.4 Å². The third-order valence-corrected chi connectivity index (χ3v) is 7.95. The van der Waals surface area contributed by atoms with Crippen molar-refractivity contribution in [1.29, 1.82) is 0 Å². The van der Waals surface area contributed by atoms with Gasteiger partial charge in [-0.15, -0.1) is 0 Å². The van der Waals surface area contributed by atoms with Crippen LogP contribution in [0.3, 0.4) is 0 Å². The van der Waals surface area contributed by atoms with Crippen LogP contribution in [0.15, 0.2) is 36.4 Å². The number of anilines is 1. The van der Waals surface area contributed by atoms with Crippen molar-refractivity contribution in [1.82, 2.24) is 9.62 Å². The maximum absolute atomic E-state index is 15.9. The van der Waals surface area contributed by atoms with Gasteiger partial charge in [0.1, 0.15) is 24.6 Å². The molecule has 0 aromatic heterocycles. The highest BCUT2D eigenvalue weighted by Crippen LogP contribution is 2.40. The minimum atomic E-state index is -4.17. The fraction of sp³-hybridized carbons (Fsp3) is 0.458. The second-order valence-electron chi connectivity index (χ2n) is 9.10. The summed E-state index contributed by atoms with van der Waals surface area (Å²) in [7, 11) is -4.17. The molecule has 9 heteroatoms. The molecule has 2 aromatic carbocycles. The number of benzene rings is 2. The summed E-state index contributed by atoms with van der Waals surface area (Å²) in [5.41, 5.74) is 2.00. The van der Waals surface area contributed by atoms with Crippen LogP contribution in [-0.2, 0) is 34.6 Å². The smallest absolute Gasteiger partial charge is 0.326 e. The Bertz CT molecular complexity index is 1150. The van der Waals surface area contributed by atoms with Gasteiger partial charge in [-0.3, -0.25) is 9.69 Å². The van der Waals surface area contributed by atoms with Gasteiger partial charge in [-0.1, -0.05) is 43.2 Å². The molecule has 33 heavy (non-hydrogen) atoms. The third kappa shape index (κ3) is 4.84. The Morgan fingerprint density at radius 2 is 1.94 bits per heavy atom. The van der Waals surface area contributed by atoms with Crippen molar-refractivity contribution >= 4 is 21.8 Å². The number of hydrogen-bond donors (Lipinski definition) is 1. The monoisotopic (exact) mass is 473 g/mol. The van der Waals surface area contributed by atoms with Crippen molar-refractivity contribution in [3.63, 3.8) is 0 Å². The molecular formula is C24H28FN3O4S. The lowest BCUT2D eigenvalue weighted by molar-refractivity contribution is -0.117. The second kappa shape index (κ2) is 8.95. The van der Waals surface area contributed by atoms with E-state index in [-0.39, 0.29) is 18.0 Å². The molecule has 1 N–H and O–H groups in total. The molecule has 1 aliphatic carbocycles. The molecule has 1 saturated carbocycles. The minimum absolute atomic E-state index is 0.136. The number of rotatable bonds is 8. The number of fused-ring (bicyclic) bond motifs is 1. The number of nitrogens with one attached hydrogen (secondary N) is 1. The molecule has 0 radical (unpaired) electrons. The Kier molecular flexibility index (Phi) is 6.01. The molecule has 1 saturated heterocycles. The summed E-state index contributed by atoms with van der Waals surface area (Å²) >= 11 is 0. The summed E-state index contributed by atoms with van der Waals surface area (Å²) < 4.78 is 49.7. The Morgan fingerprint density at radius 1 is 1.15 bits per heavy atom. The molecule has 0 spiro atoms. The second-order valence-corrected chi connectivity index (χ2v) is 10.7. The molecule has 5 rings (SSSR count). The highest BCUT2D eigenvalue weighted by molar-refractivity contribution is 7.92. The first-order chi connectivity index (χ1) is 15.9. The minimum Gasteiger partial charge on any atom is -0.487 e. The lowest BCUT2D eigenvalue weighted by atomic mass is 9.97. The summed E-state index contributed by atoms with van der Waals surface area (Å²) in [5.74, 6) is -0.317. The van der Waals surface area contributed by atoms with Crippen molar-refractivity contribution in [3.8, 4) is 5.75 Å². The molecule has 2 aliphatic heterocycles. The van der Waals surface area contributed by atoms with Gasteiger partial charge in [0.2, 0.25) is 0 Å². The van der Waals surface area contributed by atoms with Crippen LogP contribution < -0.4 is 13.8 Å². The molecule has 0 atom stereocenters. The number of carbonyl (C=O) groups excluding carboxylic acids is 1. The van der Waals surface area contributed by atoms with Gasteiger partial charge < -0.3 is 4.74 Å². The van der Waals surface area contributed by atoms with Gasteiger partial charge in [0.15, 0.2) is 5.82 Å². The topological polar surface area (TPSA) is 79.0 Å². The van der Waals surface area contributed by atoms with Gasteiger partial charge in [0.25, 0.3) is 5.91 Å². The quantitative estimate of drug-likeness (QED) is 0.637. The fourth-order valence-corrected chi connectivity index (χ4v) is 5.77. The summed E-state index contributed by atoms with van der Waals surface area (Å²) in [6.45, 7) is 1.85. The predicted octanol–water partition coefficient (Wildman–Crippen LogP) is 3.13. The van der Waals surface area contributed by atoms with Gasteiger partial charge in [0.05, 0.1) is 0 Å². The van der Waals surface area contributed by atoms with Crippen molar-refractivity contribution < 1.29 is 22.3 Å². The molecule has 0 unspecified atom stereocenters. The zero-order valence-corrected chi connectivity index (χ0v) is 19.2. The fourth-order valence-electron chi connectivity index (χ4n) is 4.61. The van der Waals surface area contributed by atoms with Gasteiger partial charge >= 0.3 is 10.2 Å². The lowest BCUT2D eigenvalue weighted by Crippen LogP contribution is -2.34. The van der Waals surface area contributed by atoms with Crippen molar-refractivity contribution in [2.45, 2.75) is 45.3 Å². The average molecular weight is 474 g/mol. The maximum atomic E-state index is 15.9. The van der Waals surface area contributed by atoms with Crippen molar-refractivity contribution in [2.24, 2.45) is 5.92 Å². The predicted molar refractivity (Wildman–Crippen MR) is 123 cm³/mol. The van der Waals surface area contributed by atoms with E-state index >= 15 is 4.39 Å². The molecule has 3 aliphatic rings. The Balaban J connectivity index is 1.45. The van der Waals surface area contributed by atoms with Crippen molar-refractivity contribution in [3.05, 3.63) is 58.9 Å². The van der Waals surface area contributed by atoms with Gasteiger partial charge in [-0.2, -0.15) is 8.42 Å². The first-order valence-electron chi connectivity index (χ1n) is 11.5. The number of nitrogens with zero attached hydrogens (tertiary/aromatic N) is 2. The summed E-state index contributed by atoms with van der Waals surface area (Å²) in [6, 6.07) is 11.1. The largest absolute Gasteiger partial charge is 0.487 e. The summed E-state index contributed by atoms with van der Waals surface area (Å²) in [5, 5.41) is 0. The maximum Gasteiger partial charge on any atom is 0.326 e. The first-order valence-corrected chi connectivity index (χ1v) is 12.9. The van der Waals surface area contributed by atoms with Crippen LogP contribution in [0.1, 0.15) is 42.4 Å². The molecule has 176 valence electrons.